The number of hydrogen-bond acceptors (Lipinski definition) is 4. The summed E-state index contributed by atoms with van der Waals surface area (Å²) in [6, 6.07) is 6.34. The number of fused-ring (bicyclic) bond motifs is 1. The molecule has 1 aromatic rings. The van der Waals surface area contributed by atoms with Crippen molar-refractivity contribution in [1.29, 1.82) is 0 Å². The van der Waals surface area contributed by atoms with Gasteiger partial charge in [0.15, 0.2) is 0 Å². The molecule has 2 rings (SSSR count). The molecule has 1 aromatic carbocycles. The summed E-state index contributed by atoms with van der Waals surface area (Å²) >= 11 is 0. The third kappa shape index (κ3) is 4.13. The predicted molar refractivity (Wildman–Crippen MR) is 90.5 cm³/mol. The Morgan fingerprint density at radius 1 is 1.45 bits per heavy atom. The molecule has 0 saturated carbocycles. The Kier molecular flexibility index (Phi) is 4.96. The van der Waals surface area contributed by atoms with E-state index in [0.29, 0.717) is 13.1 Å². The molecule has 0 bridgehead atoms. The molecule has 1 unspecified atom stereocenters. The van der Waals surface area contributed by atoms with Crippen molar-refractivity contribution in [2.24, 2.45) is 5.73 Å². The lowest BCUT2D eigenvalue weighted by Crippen LogP contribution is -2.39. The van der Waals surface area contributed by atoms with Crippen LogP contribution in [0.3, 0.4) is 0 Å². The van der Waals surface area contributed by atoms with E-state index in [1.54, 1.807) is 4.90 Å². The number of hydrogen-bond donors (Lipinski definition) is 2. The number of nitrogens with one attached hydrogen (secondary N) is 1. The SMILES string of the molecule is CC(CN)Nc1ccc2c(c1)N(C(=O)OC(C)(C)C)CCC2. The molecule has 1 aliphatic heterocycles. The number of carbonyl (C=O) groups is 1. The zero-order chi connectivity index (χ0) is 16.3. The number of aryl methyl sites for hydroxylation is 1. The molecular weight excluding hydrogens is 278 g/mol. The Hall–Kier alpha value is -1.75. The fraction of sp³-hybridized carbons (Fsp3) is 0.588. The molecule has 3 N–H and O–H groups in total. The fourth-order valence-corrected chi connectivity index (χ4v) is 2.51. The second-order valence-electron chi connectivity index (χ2n) is 6.86. The third-order valence-corrected chi connectivity index (χ3v) is 3.58. The molecule has 0 radical (unpaired) electrons. The van der Waals surface area contributed by atoms with Gasteiger partial charge in [0, 0.05) is 24.8 Å². The Balaban J connectivity index is 2.24. The summed E-state index contributed by atoms with van der Waals surface area (Å²) < 4.78 is 5.52. The van der Waals surface area contributed by atoms with Crippen molar-refractivity contribution < 1.29 is 9.53 Å². The van der Waals surface area contributed by atoms with E-state index in [0.717, 1.165) is 24.2 Å². The van der Waals surface area contributed by atoms with E-state index in [1.165, 1.54) is 5.56 Å². The summed E-state index contributed by atoms with van der Waals surface area (Å²) in [5, 5.41) is 3.35. The Morgan fingerprint density at radius 3 is 2.82 bits per heavy atom. The van der Waals surface area contributed by atoms with Gasteiger partial charge in [0.2, 0.25) is 0 Å². The molecule has 1 heterocycles. The molecule has 5 heteroatoms. The summed E-state index contributed by atoms with van der Waals surface area (Å²) in [5.41, 5.74) is 8.27. The second kappa shape index (κ2) is 6.57. The van der Waals surface area contributed by atoms with Gasteiger partial charge in [-0.25, -0.2) is 4.79 Å². The molecule has 1 aliphatic rings. The molecule has 0 fully saturated rings. The topological polar surface area (TPSA) is 67.6 Å². The van der Waals surface area contributed by atoms with Gasteiger partial charge < -0.3 is 15.8 Å². The Labute approximate surface area is 132 Å². The maximum atomic E-state index is 12.4. The normalized spacial score (nSPS) is 16.0. The standard InChI is InChI=1S/C17H27N3O2/c1-12(11-18)19-14-8-7-13-6-5-9-20(15(13)10-14)16(21)22-17(2,3)4/h7-8,10,12,19H,5-6,9,11,18H2,1-4H3. The van der Waals surface area contributed by atoms with Crippen LogP contribution in [-0.4, -0.2) is 30.8 Å². The van der Waals surface area contributed by atoms with Gasteiger partial charge in [0.1, 0.15) is 5.60 Å². The summed E-state index contributed by atoms with van der Waals surface area (Å²) in [4.78, 5) is 14.2. The van der Waals surface area contributed by atoms with Crippen molar-refractivity contribution in [3.8, 4) is 0 Å². The van der Waals surface area contributed by atoms with Gasteiger partial charge in [-0.1, -0.05) is 6.07 Å². The first-order valence-corrected chi connectivity index (χ1v) is 7.90. The summed E-state index contributed by atoms with van der Waals surface area (Å²) in [6.45, 7) is 8.94. The van der Waals surface area contributed by atoms with E-state index in [1.807, 2.05) is 39.8 Å². The number of carbonyl (C=O) groups excluding carboxylic acids is 1. The van der Waals surface area contributed by atoms with Gasteiger partial charge in [-0.15, -0.1) is 0 Å². The number of benzene rings is 1. The summed E-state index contributed by atoms with van der Waals surface area (Å²) in [7, 11) is 0. The van der Waals surface area contributed by atoms with E-state index in [4.69, 9.17) is 10.5 Å². The zero-order valence-corrected chi connectivity index (χ0v) is 14.0. The molecule has 122 valence electrons. The third-order valence-electron chi connectivity index (χ3n) is 3.58. The highest BCUT2D eigenvalue weighted by Gasteiger charge is 2.27. The smallest absolute Gasteiger partial charge is 0.414 e. The van der Waals surface area contributed by atoms with Gasteiger partial charge in [-0.3, -0.25) is 4.90 Å². The maximum Gasteiger partial charge on any atom is 0.414 e. The van der Waals surface area contributed by atoms with Crippen LogP contribution in [0.15, 0.2) is 18.2 Å². The van der Waals surface area contributed by atoms with Crippen molar-refractivity contribution in [3.63, 3.8) is 0 Å². The minimum atomic E-state index is -0.487. The highest BCUT2D eigenvalue weighted by molar-refractivity contribution is 5.90. The maximum absolute atomic E-state index is 12.4. The molecule has 1 atom stereocenters. The lowest BCUT2D eigenvalue weighted by Gasteiger charge is -2.32. The van der Waals surface area contributed by atoms with Gasteiger partial charge in [-0.2, -0.15) is 0 Å². The van der Waals surface area contributed by atoms with E-state index in [2.05, 4.69) is 11.4 Å². The molecule has 1 amide bonds. The van der Waals surface area contributed by atoms with Gasteiger partial charge in [0.05, 0.1) is 5.69 Å². The molecule has 22 heavy (non-hydrogen) atoms. The van der Waals surface area contributed by atoms with Crippen LogP contribution in [0.2, 0.25) is 0 Å². The number of nitrogens with zero attached hydrogens (tertiary/aromatic N) is 1. The van der Waals surface area contributed by atoms with Gasteiger partial charge in [0.25, 0.3) is 0 Å². The van der Waals surface area contributed by atoms with Crippen molar-refractivity contribution in [3.05, 3.63) is 23.8 Å². The number of ether oxygens (including phenoxy) is 1. The largest absolute Gasteiger partial charge is 0.443 e. The van der Waals surface area contributed by atoms with Gasteiger partial charge in [-0.05, 0) is 58.2 Å². The minimum Gasteiger partial charge on any atom is -0.443 e. The van der Waals surface area contributed by atoms with Crippen LogP contribution in [0.5, 0.6) is 0 Å². The highest BCUT2D eigenvalue weighted by Crippen LogP contribution is 2.31. The number of rotatable bonds is 3. The molecule has 0 aliphatic carbocycles. The van der Waals surface area contributed by atoms with Crippen molar-refractivity contribution in [2.75, 3.05) is 23.3 Å². The molecule has 0 spiro atoms. The summed E-state index contributed by atoms with van der Waals surface area (Å²) in [6.07, 6.45) is 1.66. The van der Waals surface area contributed by atoms with E-state index < -0.39 is 5.60 Å². The average molecular weight is 305 g/mol. The first-order chi connectivity index (χ1) is 10.3. The first kappa shape index (κ1) is 16.6. The van der Waals surface area contributed by atoms with Crippen LogP contribution < -0.4 is 16.0 Å². The minimum absolute atomic E-state index is 0.191. The second-order valence-corrected chi connectivity index (χ2v) is 6.86. The van der Waals surface area contributed by atoms with E-state index >= 15 is 0 Å². The van der Waals surface area contributed by atoms with Crippen molar-refractivity contribution >= 4 is 17.5 Å². The van der Waals surface area contributed by atoms with Crippen LogP contribution >= 0.6 is 0 Å². The van der Waals surface area contributed by atoms with Crippen LogP contribution in [0.1, 0.15) is 39.7 Å². The van der Waals surface area contributed by atoms with Crippen LogP contribution in [-0.2, 0) is 11.2 Å². The van der Waals surface area contributed by atoms with Crippen molar-refractivity contribution in [2.45, 2.75) is 52.2 Å². The molecule has 0 saturated heterocycles. The predicted octanol–water partition coefficient (Wildman–Crippen LogP) is 3.13. The van der Waals surface area contributed by atoms with E-state index in [-0.39, 0.29) is 12.1 Å². The molecular formula is C17H27N3O2. The van der Waals surface area contributed by atoms with Crippen LogP contribution in [0.4, 0.5) is 16.2 Å². The van der Waals surface area contributed by atoms with E-state index in [9.17, 15) is 4.79 Å². The van der Waals surface area contributed by atoms with Crippen LogP contribution in [0.25, 0.3) is 0 Å². The van der Waals surface area contributed by atoms with Gasteiger partial charge >= 0.3 is 6.09 Å². The first-order valence-electron chi connectivity index (χ1n) is 7.90. The number of amides is 1. The Morgan fingerprint density at radius 2 is 2.18 bits per heavy atom. The monoisotopic (exact) mass is 305 g/mol. The lowest BCUT2D eigenvalue weighted by atomic mass is 10.0. The summed E-state index contributed by atoms with van der Waals surface area (Å²) in [5.74, 6) is 0. The molecule has 5 nitrogen and oxygen atoms in total. The quantitative estimate of drug-likeness (QED) is 0.900. The highest BCUT2D eigenvalue weighted by atomic mass is 16.6. The zero-order valence-electron chi connectivity index (χ0n) is 14.0. The van der Waals surface area contributed by atoms with Crippen molar-refractivity contribution in [1.82, 2.24) is 0 Å². The fourth-order valence-electron chi connectivity index (χ4n) is 2.51. The molecule has 0 aromatic heterocycles. The number of nitrogens with two attached hydrogens (primary N) is 1. The van der Waals surface area contributed by atoms with Crippen LogP contribution in [0, 0.1) is 0 Å². The number of anilines is 2. The average Bonchev–Trinajstić information content (AvgIpc) is 2.44. The Bertz CT molecular complexity index is 537. The lowest BCUT2D eigenvalue weighted by molar-refractivity contribution is 0.0578.